The molecule has 0 spiro atoms. The number of hydrogen-bond acceptors (Lipinski definition) is 3. The normalized spacial score (nSPS) is 10.6. The molecule has 2 N–H and O–H groups in total. The predicted octanol–water partition coefficient (Wildman–Crippen LogP) is 0.351. The van der Waals surface area contributed by atoms with Gasteiger partial charge in [0, 0.05) is 7.05 Å². The molecule has 1 aromatic heterocycles. The molecule has 1 aromatic carbocycles. The molecule has 5 nitrogen and oxygen atoms in total. The fraction of sp³-hybridized carbons (Fsp3) is 0.200. The maximum Gasteiger partial charge on any atom is 0.345 e. The number of nitrogen functional groups attached to an aromatic ring is 1. The number of halogens is 1. The lowest BCUT2D eigenvalue weighted by molar-refractivity contribution is 0.616. The molecule has 0 saturated carbocycles. The molecule has 0 unspecified atom stereocenters. The Hall–Kier alpha value is -2.11. The third-order valence-electron chi connectivity index (χ3n) is 2.28. The van der Waals surface area contributed by atoms with Gasteiger partial charge in [-0.25, -0.2) is 13.9 Å². The Kier molecular flexibility index (Phi) is 2.47. The van der Waals surface area contributed by atoms with Gasteiger partial charge < -0.3 is 5.73 Å². The number of benzene rings is 1. The van der Waals surface area contributed by atoms with Gasteiger partial charge in [-0.05, 0) is 17.7 Å². The van der Waals surface area contributed by atoms with Gasteiger partial charge in [-0.2, -0.15) is 5.10 Å². The third-order valence-corrected chi connectivity index (χ3v) is 2.28. The number of nitrogens with two attached hydrogens (primary N) is 1. The molecule has 2 rings (SSSR count). The summed E-state index contributed by atoms with van der Waals surface area (Å²) in [6, 6.07) is 4.44. The number of aryl methyl sites for hydroxylation is 1. The number of hydrogen-bond donors (Lipinski definition) is 1. The molecule has 0 aliphatic rings. The summed E-state index contributed by atoms with van der Waals surface area (Å²) in [5.74, 6) is -0.485. The van der Waals surface area contributed by atoms with Crippen molar-refractivity contribution < 1.29 is 4.39 Å². The standard InChI is InChI=1S/C10H11FN4O/c1-14-6-13-15(10(14)16)5-7-2-3-9(12)8(11)4-7/h2-4,6H,5,12H2,1H3. The van der Waals surface area contributed by atoms with E-state index in [2.05, 4.69) is 5.10 Å². The molecular weight excluding hydrogens is 211 g/mol. The largest absolute Gasteiger partial charge is 0.396 e. The van der Waals surface area contributed by atoms with Crippen LogP contribution >= 0.6 is 0 Å². The fourth-order valence-corrected chi connectivity index (χ4v) is 1.37. The van der Waals surface area contributed by atoms with E-state index in [1.807, 2.05) is 0 Å². The lowest BCUT2D eigenvalue weighted by Gasteiger charge is -2.02. The lowest BCUT2D eigenvalue weighted by atomic mass is 10.2. The molecule has 0 saturated heterocycles. The predicted molar refractivity (Wildman–Crippen MR) is 57.4 cm³/mol. The van der Waals surface area contributed by atoms with Crippen LogP contribution in [-0.4, -0.2) is 14.3 Å². The van der Waals surface area contributed by atoms with Crippen molar-refractivity contribution in [3.63, 3.8) is 0 Å². The van der Waals surface area contributed by atoms with Crippen LogP contribution in [0.1, 0.15) is 5.56 Å². The molecule has 0 amide bonds. The van der Waals surface area contributed by atoms with Crippen molar-refractivity contribution in [2.45, 2.75) is 6.54 Å². The van der Waals surface area contributed by atoms with Gasteiger partial charge in [0.2, 0.25) is 0 Å². The summed E-state index contributed by atoms with van der Waals surface area (Å²) in [5, 5.41) is 3.88. The number of aromatic nitrogens is 3. The highest BCUT2D eigenvalue weighted by Crippen LogP contribution is 2.12. The van der Waals surface area contributed by atoms with Gasteiger partial charge in [0.1, 0.15) is 12.1 Å². The van der Waals surface area contributed by atoms with E-state index < -0.39 is 5.82 Å². The maximum atomic E-state index is 13.1. The summed E-state index contributed by atoms with van der Waals surface area (Å²) in [4.78, 5) is 11.5. The number of nitrogens with zero attached hydrogens (tertiary/aromatic N) is 3. The van der Waals surface area contributed by atoms with Gasteiger partial charge in [-0.3, -0.25) is 4.57 Å². The molecule has 0 atom stereocenters. The molecule has 84 valence electrons. The Morgan fingerprint density at radius 3 is 2.81 bits per heavy atom. The van der Waals surface area contributed by atoms with Crippen LogP contribution in [0.4, 0.5) is 10.1 Å². The van der Waals surface area contributed by atoms with Crippen LogP contribution < -0.4 is 11.4 Å². The second-order valence-corrected chi connectivity index (χ2v) is 3.54. The van der Waals surface area contributed by atoms with E-state index in [1.54, 1.807) is 13.1 Å². The van der Waals surface area contributed by atoms with Crippen LogP contribution in [0.5, 0.6) is 0 Å². The Balaban J connectivity index is 2.31. The van der Waals surface area contributed by atoms with Crippen molar-refractivity contribution in [3.05, 3.63) is 46.4 Å². The van der Waals surface area contributed by atoms with Gasteiger partial charge >= 0.3 is 5.69 Å². The molecule has 0 bridgehead atoms. The Morgan fingerprint density at radius 1 is 1.50 bits per heavy atom. The zero-order chi connectivity index (χ0) is 11.7. The first-order valence-electron chi connectivity index (χ1n) is 4.70. The van der Waals surface area contributed by atoms with Crippen molar-refractivity contribution in [1.82, 2.24) is 14.3 Å². The van der Waals surface area contributed by atoms with E-state index in [0.29, 0.717) is 5.56 Å². The van der Waals surface area contributed by atoms with Crippen LogP contribution in [0.25, 0.3) is 0 Å². The zero-order valence-corrected chi connectivity index (χ0v) is 8.72. The van der Waals surface area contributed by atoms with Gasteiger partial charge in [0.15, 0.2) is 0 Å². The highest BCUT2D eigenvalue weighted by Gasteiger charge is 2.04. The average Bonchev–Trinajstić information content (AvgIpc) is 2.55. The molecule has 0 radical (unpaired) electrons. The quantitative estimate of drug-likeness (QED) is 0.746. The average molecular weight is 222 g/mol. The first-order valence-corrected chi connectivity index (χ1v) is 4.70. The molecule has 0 aliphatic heterocycles. The second-order valence-electron chi connectivity index (χ2n) is 3.54. The fourth-order valence-electron chi connectivity index (χ4n) is 1.37. The molecule has 16 heavy (non-hydrogen) atoms. The van der Waals surface area contributed by atoms with Crippen molar-refractivity contribution in [2.75, 3.05) is 5.73 Å². The summed E-state index contributed by atoms with van der Waals surface area (Å²) in [6.07, 6.45) is 1.41. The van der Waals surface area contributed by atoms with Crippen LogP contribution in [0.2, 0.25) is 0 Å². The van der Waals surface area contributed by atoms with E-state index in [-0.39, 0.29) is 17.9 Å². The number of anilines is 1. The minimum atomic E-state index is -0.485. The number of rotatable bonds is 2. The SMILES string of the molecule is Cn1cnn(Cc2ccc(N)c(F)c2)c1=O. The van der Waals surface area contributed by atoms with Crippen LogP contribution in [-0.2, 0) is 13.6 Å². The first-order chi connectivity index (χ1) is 7.58. The van der Waals surface area contributed by atoms with Crippen molar-refractivity contribution >= 4 is 5.69 Å². The first kappa shape index (κ1) is 10.4. The van der Waals surface area contributed by atoms with E-state index in [1.165, 1.54) is 27.7 Å². The summed E-state index contributed by atoms with van der Waals surface area (Å²) in [7, 11) is 1.61. The van der Waals surface area contributed by atoms with Crippen molar-refractivity contribution in [3.8, 4) is 0 Å². The van der Waals surface area contributed by atoms with E-state index in [4.69, 9.17) is 5.73 Å². The minimum absolute atomic E-state index is 0.0946. The topological polar surface area (TPSA) is 65.8 Å². The van der Waals surface area contributed by atoms with Gasteiger partial charge in [0.05, 0.1) is 12.2 Å². The van der Waals surface area contributed by atoms with E-state index in [9.17, 15) is 9.18 Å². The van der Waals surface area contributed by atoms with Crippen molar-refractivity contribution in [2.24, 2.45) is 7.05 Å². The zero-order valence-electron chi connectivity index (χ0n) is 8.72. The maximum absolute atomic E-state index is 13.1. The van der Waals surface area contributed by atoms with Gasteiger partial charge in [-0.15, -0.1) is 0 Å². The van der Waals surface area contributed by atoms with Crippen LogP contribution in [0.3, 0.4) is 0 Å². The molecule has 0 aliphatic carbocycles. The molecule has 1 heterocycles. The summed E-state index contributed by atoms with van der Waals surface area (Å²) >= 11 is 0. The van der Waals surface area contributed by atoms with Crippen LogP contribution in [0, 0.1) is 5.82 Å². The third kappa shape index (κ3) is 1.81. The summed E-state index contributed by atoms with van der Waals surface area (Å²) < 4.78 is 15.8. The monoisotopic (exact) mass is 222 g/mol. The molecule has 0 fully saturated rings. The van der Waals surface area contributed by atoms with Gasteiger partial charge in [0.25, 0.3) is 0 Å². The minimum Gasteiger partial charge on any atom is -0.396 e. The van der Waals surface area contributed by atoms with Gasteiger partial charge in [-0.1, -0.05) is 6.07 Å². The summed E-state index contributed by atoms with van der Waals surface area (Å²) in [6.45, 7) is 0.233. The van der Waals surface area contributed by atoms with E-state index >= 15 is 0 Å². The van der Waals surface area contributed by atoms with Crippen molar-refractivity contribution in [1.29, 1.82) is 0 Å². The Labute approximate surface area is 90.9 Å². The molecular formula is C10H11FN4O. The highest BCUT2D eigenvalue weighted by molar-refractivity contribution is 5.41. The summed E-state index contributed by atoms with van der Waals surface area (Å²) in [5.41, 5.74) is 5.85. The molecule has 2 aromatic rings. The van der Waals surface area contributed by atoms with Crippen LogP contribution in [0.15, 0.2) is 29.3 Å². The van der Waals surface area contributed by atoms with E-state index in [0.717, 1.165) is 0 Å². The smallest absolute Gasteiger partial charge is 0.345 e. The highest BCUT2D eigenvalue weighted by atomic mass is 19.1. The Bertz CT molecular complexity index is 572. The lowest BCUT2D eigenvalue weighted by Crippen LogP contribution is -2.23. The Morgan fingerprint density at radius 2 is 2.25 bits per heavy atom. The molecule has 6 heteroatoms. The second kappa shape index (κ2) is 3.80.